The van der Waals surface area contributed by atoms with Crippen LogP contribution in [0.4, 0.5) is 0 Å². The molecule has 0 bridgehead atoms. The number of rotatable bonds is 16. The van der Waals surface area contributed by atoms with Crippen LogP contribution in [-0.2, 0) is 59.2 Å². The zero-order valence-corrected chi connectivity index (χ0v) is 59.9. The summed E-state index contributed by atoms with van der Waals surface area (Å²) in [6.45, 7) is 27.0. The number of aliphatic hydroxyl groups is 1. The number of fused-ring (bicyclic) bond motifs is 1. The third kappa shape index (κ3) is 20.9. The number of nitrogens with one attached hydrogen (secondary N) is 4. The van der Waals surface area contributed by atoms with Crippen LogP contribution in [-0.4, -0.2) is 243 Å². The SMILES string of the molecule is CCC1NC(=O)C(C(O)C(C)Cc2nc3cc(C(=O)O)ccc3o2)N(C)C(=O)C(C(C)C)N(C)C(=O)C(CC(C)C)N(C)C(=O)C(CC(C)C)N(C)C(=O)C(C)NC(=O)C(C)NC(=O)C(CC(C)C)N(C)C(=O)C(C(C)C)NC(=O)C(CC(C)C)N(C)C(=O)CN(C)C1=O. The van der Waals surface area contributed by atoms with E-state index in [2.05, 4.69) is 26.3 Å². The van der Waals surface area contributed by atoms with Crippen LogP contribution in [0.2, 0.25) is 0 Å². The summed E-state index contributed by atoms with van der Waals surface area (Å²) in [6, 6.07) is -8.93. The number of carboxylic acids is 1. The summed E-state index contributed by atoms with van der Waals surface area (Å²) in [5.74, 6) is -12.0. The lowest BCUT2D eigenvalue weighted by Crippen LogP contribution is -2.63. The molecule has 12 unspecified atom stereocenters. The number of benzene rings is 1. The van der Waals surface area contributed by atoms with E-state index in [0.717, 1.165) is 9.80 Å². The van der Waals surface area contributed by atoms with Gasteiger partial charge in [0.1, 0.15) is 65.9 Å². The van der Waals surface area contributed by atoms with Gasteiger partial charge in [-0.25, -0.2) is 9.78 Å². The largest absolute Gasteiger partial charge is 0.478 e. The summed E-state index contributed by atoms with van der Waals surface area (Å²) in [6.07, 6.45) is -1.49. The van der Waals surface area contributed by atoms with Gasteiger partial charge >= 0.3 is 5.97 Å². The number of carbonyl (C=O) groups excluding carboxylic acids is 11. The van der Waals surface area contributed by atoms with Crippen molar-refractivity contribution in [3.8, 4) is 0 Å². The van der Waals surface area contributed by atoms with E-state index in [1.807, 2.05) is 55.4 Å². The molecule has 1 fully saturated rings. The first-order valence-corrected chi connectivity index (χ1v) is 32.9. The molecule has 0 saturated carbocycles. The van der Waals surface area contributed by atoms with Gasteiger partial charge in [0.2, 0.25) is 65.0 Å². The van der Waals surface area contributed by atoms with Crippen LogP contribution in [0.5, 0.6) is 0 Å². The minimum Gasteiger partial charge on any atom is -0.478 e. The molecule has 1 aliphatic rings. The molecule has 528 valence electrons. The highest BCUT2D eigenvalue weighted by Crippen LogP contribution is 2.27. The predicted octanol–water partition coefficient (Wildman–Crippen LogP) is 3.38. The zero-order valence-electron chi connectivity index (χ0n) is 59.9. The first kappa shape index (κ1) is 80.5. The summed E-state index contributed by atoms with van der Waals surface area (Å²) in [5, 5.41) is 33.0. The van der Waals surface area contributed by atoms with Gasteiger partial charge in [-0.1, -0.05) is 96.9 Å². The fourth-order valence-corrected chi connectivity index (χ4v) is 11.8. The van der Waals surface area contributed by atoms with Crippen LogP contribution >= 0.6 is 0 Å². The van der Waals surface area contributed by atoms with Crippen LogP contribution in [0.25, 0.3) is 11.1 Å². The smallest absolute Gasteiger partial charge is 0.335 e. The Balaban J connectivity index is 2.33. The highest BCUT2D eigenvalue weighted by atomic mass is 16.4. The van der Waals surface area contributed by atoms with Gasteiger partial charge in [0.15, 0.2) is 11.5 Å². The number of aliphatic hydroxyl groups excluding tert-OH is 1. The Morgan fingerprint density at radius 1 is 0.532 bits per heavy atom. The van der Waals surface area contributed by atoms with E-state index >= 15 is 19.2 Å². The van der Waals surface area contributed by atoms with Crippen molar-refractivity contribution in [3.05, 3.63) is 29.7 Å². The Kier molecular flexibility index (Phi) is 30.1. The van der Waals surface area contributed by atoms with Gasteiger partial charge in [0.25, 0.3) is 0 Å². The van der Waals surface area contributed by atoms with Crippen molar-refractivity contribution >= 4 is 82.0 Å². The molecule has 0 radical (unpaired) electrons. The number of hydrogen-bond acceptors (Lipinski definition) is 15. The Morgan fingerprint density at radius 3 is 1.48 bits per heavy atom. The zero-order chi connectivity index (χ0) is 72.0. The molecule has 12 atom stereocenters. The summed E-state index contributed by atoms with van der Waals surface area (Å²) >= 11 is 0. The molecule has 1 saturated heterocycles. The van der Waals surface area contributed by atoms with E-state index in [-0.39, 0.29) is 84.8 Å². The van der Waals surface area contributed by atoms with Crippen molar-refractivity contribution in [2.24, 2.45) is 41.4 Å². The summed E-state index contributed by atoms with van der Waals surface area (Å²) in [4.78, 5) is 186. The average Bonchev–Trinajstić information content (AvgIpc) is 0.976. The average molecular weight is 1320 g/mol. The van der Waals surface area contributed by atoms with Crippen LogP contribution < -0.4 is 21.3 Å². The predicted molar refractivity (Wildman–Crippen MR) is 354 cm³/mol. The normalized spacial score (nSPS) is 25.4. The molecule has 27 nitrogen and oxygen atoms in total. The van der Waals surface area contributed by atoms with Crippen molar-refractivity contribution in [1.29, 1.82) is 0 Å². The molecule has 1 aromatic carbocycles. The molecule has 6 N–H and O–H groups in total. The van der Waals surface area contributed by atoms with E-state index in [1.54, 1.807) is 41.5 Å². The van der Waals surface area contributed by atoms with Crippen LogP contribution in [0.15, 0.2) is 22.6 Å². The van der Waals surface area contributed by atoms with E-state index in [4.69, 9.17) is 4.42 Å². The lowest BCUT2D eigenvalue weighted by atomic mass is 9.91. The molecular formula is C67H110N12O15. The molecule has 94 heavy (non-hydrogen) atoms. The topological polar surface area (TPSA) is 342 Å². The Morgan fingerprint density at radius 2 is 0.989 bits per heavy atom. The van der Waals surface area contributed by atoms with Crippen LogP contribution in [0.1, 0.15) is 159 Å². The van der Waals surface area contributed by atoms with Gasteiger partial charge in [-0.15, -0.1) is 0 Å². The fourth-order valence-electron chi connectivity index (χ4n) is 11.8. The lowest BCUT2D eigenvalue weighted by molar-refractivity contribution is -0.157. The fraction of sp³-hybridized carbons (Fsp3) is 0.716. The van der Waals surface area contributed by atoms with Gasteiger partial charge in [0, 0.05) is 55.8 Å². The van der Waals surface area contributed by atoms with Crippen LogP contribution in [0.3, 0.4) is 0 Å². The van der Waals surface area contributed by atoms with Crippen molar-refractivity contribution in [2.45, 2.75) is 216 Å². The number of likely N-dealkylation sites (N-methyl/N-ethyl adjacent to an activating group) is 7. The number of nitrogens with zero attached hydrogens (tertiary/aromatic N) is 8. The third-order valence-corrected chi connectivity index (χ3v) is 17.5. The van der Waals surface area contributed by atoms with Gasteiger partial charge < -0.3 is 70.2 Å². The summed E-state index contributed by atoms with van der Waals surface area (Å²) in [5.41, 5.74) is 0.407. The number of aromatic nitrogens is 1. The molecule has 2 heterocycles. The number of carbonyl (C=O) groups is 12. The maximum atomic E-state index is 15.4. The molecule has 1 aromatic heterocycles. The second kappa shape index (κ2) is 35.2. The van der Waals surface area contributed by atoms with Gasteiger partial charge in [-0.3, -0.25) is 52.7 Å². The second-order valence-corrected chi connectivity index (χ2v) is 28.1. The highest BCUT2D eigenvalue weighted by molar-refractivity contribution is 6.00. The van der Waals surface area contributed by atoms with Crippen molar-refractivity contribution < 1.29 is 72.2 Å². The Labute approximate surface area is 555 Å². The quantitative estimate of drug-likeness (QED) is 0.140. The van der Waals surface area contributed by atoms with E-state index in [9.17, 15) is 48.6 Å². The first-order chi connectivity index (χ1) is 43.5. The Hall–Kier alpha value is -7.71. The molecule has 27 heteroatoms. The number of oxazole rings is 1. The standard InChI is InChI=1S/C67H110N12O15/c1-24-44-62(87)73(17)33-52(80)74(18)46(27-34(2)3)59(84)72-53(38(10)11)65(90)75(19)47(28-35(4)5)58(83)68-41(15)57(82)69-42(16)61(86)76(20)48(29-36(6)7)63(88)77(21)49(30-37(8)9)64(89)78(22)54(39(12)13)66(91)79(23)55(60(85)71-44)56(81)40(14)31-51-70-45-32-43(67(92)93)25-26-50(45)94-51/h25-26,32,34-42,44,46-49,53-56,81H,24,27-31,33H2,1-23H3,(H,68,83)(H,69,82)(H,71,85)(H,72,84)(H,92,93). The van der Waals surface area contributed by atoms with E-state index in [0.29, 0.717) is 0 Å². The number of hydrogen-bond donors (Lipinski definition) is 6. The van der Waals surface area contributed by atoms with Crippen molar-refractivity contribution in [1.82, 2.24) is 60.6 Å². The summed E-state index contributed by atoms with van der Waals surface area (Å²) < 4.78 is 5.94. The minimum absolute atomic E-state index is 0.0511. The van der Waals surface area contributed by atoms with Gasteiger partial charge in [-0.2, -0.15) is 0 Å². The number of aromatic carboxylic acids is 1. The highest BCUT2D eigenvalue weighted by Gasteiger charge is 2.46. The minimum atomic E-state index is -1.81. The van der Waals surface area contributed by atoms with Crippen LogP contribution in [0, 0.1) is 41.4 Å². The van der Waals surface area contributed by atoms with Gasteiger partial charge in [-0.05, 0) is 106 Å². The lowest BCUT2D eigenvalue weighted by Gasteiger charge is -2.41. The van der Waals surface area contributed by atoms with Gasteiger partial charge in [0.05, 0.1) is 18.2 Å². The number of amides is 11. The molecule has 0 aliphatic carbocycles. The Bertz CT molecular complexity index is 3020. The molecule has 11 amide bonds. The third-order valence-electron chi connectivity index (χ3n) is 17.5. The number of carboxylic acid groups (broad SMARTS) is 1. The molecule has 0 spiro atoms. The maximum absolute atomic E-state index is 15.4. The van der Waals surface area contributed by atoms with Crippen molar-refractivity contribution in [2.75, 3.05) is 55.9 Å². The molecule has 1 aliphatic heterocycles. The summed E-state index contributed by atoms with van der Waals surface area (Å²) in [7, 11) is 9.66. The maximum Gasteiger partial charge on any atom is 0.335 e. The molecule has 3 rings (SSSR count). The molecule has 2 aromatic rings. The van der Waals surface area contributed by atoms with E-state index in [1.165, 1.54) is 106 Å². The monoisotopic (exact) mass is 1320 g/mol. The second-order valence-electron chi connectivity index (χ2n) is 28.1. The van der Waals surface area contributed by atoms with Crippen molar-refractivity contribution in [3.63, 3.8) is 0 Å². The first-order valence-electron chi connectivity index (χ1n) is 32.9. The van der Waals surface area contributed by atoms with E-state index < -0.39 is 162 Å². The molecular weight excluding hydrogens is 1210 g/mol.